The van der Waals surface area contributed by atoms with E-state index in [-0.39, 0.29) is 24.4 Å². The number of aryl methyl sites for hydroxylation is 1. The Bertz CT molecular complexity index is 831. The van der Waals surface area contributed by atoms with Crippen LogP contribution < -0.4 is 5.32 Å². The minimum absolute atomic E-state index is 0.0231. The molecule has 5 heteroatoms. The Morgan fingerprint density at radius 3 is 2.52 bits per heavy atom. The third kappa shape index (κ3) is 5.43. The number of hydrogen-bond donors (Lipinski definition) is 1. The van der Waals surface area contributed by atoms with Gasteiger partial charge < -0.3 is 10.1 Å². The average Bonchev–Trinajstić information content (AvgIpc) is 3.22. The first-order valence-electron chi connectivity index (χ1n) is 10.3. The molecular weight excluding hydrogens is 369 g/mol. The van der Waals surface area contributed by atoms with Crippen molar-refractivity contribution in [1.29, 1.82) is 0 Å². The average molecular weight is 397 g/mol. The van der Waals surface area contributed by atoms with Crippen LogP contribution in [0.1, 0.15) is 50.2 Å². The van der Waals surface area contributed by atoms with Crippen LogP contribution in [0.5, 0.6) is 0 Å². The molecule has 0 unspecified atom stereocenters. The number of amides is 1. The highest BCUT2D eigenvalue weighted by atomic mass is 19.1. The van der Waals surface area contributed by atoms with Crippen LogP contribution in [0.4, 0.5) is 4.39 Å². The summed E-state index contributed by atoms with van der Waals surface area (Å²) < 4.78 is 19.1. The summed E-state index contributed by atoms with van der Waals surface area (Å²) in [7, 11) is 0. The standard InChI is InChI=1S/C24H28FNO3/c1-18(12-13-19-8-3-2-4-9-19)26-22(27)17-29-23(28)24(14-5-6-15-24)20-10-7-11-21(25)16-20/h2-4,7-11,16,18H,5-6,12-15,17H2,1H3,(H,26,27)/t18-/m1/s1. The van der Waals surface area contributed by atoms with E-state index in [9.17, 15) is 14.0 Å². The van der Waals surface area contributed by atoms with Gasteiger partial charge in [0, 0.05) is 6.04 Å². The minimum Gasteiger partial charge on any atom is -0.455 e. The Kier molecular flexibility index (Phi) is 7.02. The number of carbonyl (C=O) groups is 2. The third-order valence-corrected chi connectivity index (χ3v) is 5.68. The molecule has 0 bridgehead atoms. The highest BCUT2D eigenvalue weighted by molar-refractivity contribution is 5.86. The van der Waals surface area contributed by atoms with E-state index in [0.717, 1.165) is 25.7 Å². The van der Waals surface area contributed by atoms with Crippen LogP contribution in [-0.4, -0.2) is 24.5 Å². The lowest BCUT2D eigenvalue weighted by atomic mass is 9.79. The molecule has 0 saturated heterocycles. The van der Waals surface area contributed by atoms with Crippen LogP contribution in [-0.2, 0) is 26.2 Å². The number of carbonyl (C=O) groups excluding carboxylic acids is 2. The van der Waals surface area contributed by atoms with Gasteiger partial charge in [0.25, 0.3) is 5.91 Å². The normalized spacial score (nSPS) is 16.2. The van der Waals surface area contributed by atoms with Gasteiger partial charge in [-0.2, -0.15) is 0 Å². The second-order valence-corrected chi connectivity index (χ2v) is 7.87. The largest absolute Gasteiger partial charge is 0.455 e. The zero-order chi connectivity index (χ0) is 20.7. The van der Waals surface area contributed by atoms with Crippen LogP contribution in [0.3, 0.4) is 0 Å². The second kappa shape index (κ2) is 9.68. The van der Waals surface area contributed by atoms with E-state index in [2.05, 4.69) is 17.4 Å². The number of nitrogens with one attached hydrogen (secondary N) is 1. The predicted octanol–water partition coefficient (Wildman–Crippen LogP) is 4.32. The molecule has 0 aromatic heterocycles. The molecule has 4 nitrogen and oxygen atoms in total. The van der Waals surface area contributed by atoms with E-state index in [1.165, 1.54) is 17.7 Å². The molecule has 3 rings (SSSR count). The summed E-state index contributed by atoms with van der Waals surface area (Å²) in [6.45, 7) is 1.62. The van der Waals surface area contributed by atoms with E-state index in [1.807, 2.05) is 25.1 Å². The summed E-state index contributed by atoms with van der Waals surface area (Å²) in [5, 5.41) is 2.88. The van der Waals surface area contributed by atoms with Gasteiger partial charge in [0.2, 0.25) is 0 Å². The maximum atomic E-state index is 13.7. The molecule has 1 aliphatic carbocycles. The highest BCUT2D eigenvalue weighted by Crippen LogP contribution is 2.42. The lowest BCUT2D eigenvalue weighted by molar-refractivity contribution is -0.154. The molecule has 154 valence electrons. The first-order chi connectivity index (χ1) is 14.0. The maximum Gasteiger partial charge on any atom is 0.317 e. The van der Waals surface area contributed by atoms with Crippen LogP contribution in [0.25, 0.3) is 0 Å². The number of rotatable bonds is 8. The molecule has 29 heavy (non-hydrogen) atoms. The van der Waals surface area contributed by atoms with E-state index in [1.54, 1.807) is 12.1 Å². The number of benzene rings is 2. The lowest BCUT2D eigenvalue weighted by Gasteiger charge is -2.27. The molecule has 1 aliphatic rings. The Labute approximate surface area is 171 Å². The molecule has 0 heterocycles. The predicted molar refractivity (Wildman–Crippen MR) is 110 cm³/mol. The number of esters is 1. The van der Waals surface area contributed by atoms with Crippen molar-refractivity contribution in [2.75, 3.05) is 6.61 Å². The number of hydrogen-bond acceptors (Lipinski definition) is 3. The molecule has 2 aromatic rings. The van der Waals surface area contributed by atoms with Crippen LogP contribution in [0.2, 0.25) is 0 Å². The fourth-order valence-corrected chi connectivity index (χ4v) is 4.06. The van der Waals surface area contributed by atoms with Crippen molar-refractivity contribution in [3.8, 4) is 0 Å². The van der Waals surface area contributed by atoms with Crippen molar-refractivity contribution < 1.29 is 18.7 Å². The maximum absolute atomic E-state index is 13.7. The van der Waals surface area contributed by atoms with Gasteiger partial charge in [-0.3, -0.25) is 9.59 Å². The Balaban J connectivity index is 1.51. The van der Waals surface area contributed by atoms with Crippen molar-refractivity contribution in [2.45, 2.75) is 56.9 Å². The molecule has 0 aliphatic heterocycles. The van der Waals surface area contributed by atoms with Crippen molar-refractivity contribution in [2.24, 2.45) is 0 Å². The van der Waals surface area contributed by atoms with Gasteiger partial charge in [-0.05, 0) is 55.9 Å². The van der Waals surface area contributed by atoms with Gasteiger partial charge in [0.05, 0.1) is 5.41 Å². The third-order valence-electron chi connectivity index (χ3n) is 5.68. The minimum atomic E-state index is -0.846. The fourth-order valence-electron chi connectivity index (χ4n) is 4.06. The highest BCUT2D eigenvalue weighted by Gasteiger charge is 2.44. The SMILES string of the molecule is C[C@H](CCc1ccccc1)NC(=O)COC(=O)C1(c2cccc(F)c2)CCCC1. The summed E-state index contributed by atoms with van der Waals surface area (Å²) in [6, 6.07) is 16.2. The first-order valence-corrected chi connectivity index (χ1v) is 10.3. The van der Waals surface area contributed by atoms with Gasteiger partial charge in [0.1, 0.15) is 5.82 Å². The van der Waals surface area contributed by atoms with Crippen molar-refractivity contribution in [1.82, 2.24) is 5.32 Å². The van der Waals surface area contributed by atoms with Crippen molar-refractivity contribution in [3.63, 3.8) is 0 Å². The smallest absolute Gasteiger partial charge is 0.317 e. The van der Waals surface area contributed by atoms with Crippen LogP contribution >= 0.6 is 0 Å². The zero-order valence-electron chi connectivity index (χ0n) is 16.8. The second-order valence-electron chi connectivity index (χ2n) is 7.87. The van der Waals surface area contributed by atoms with E-state index in [0.29, 0.717) is 18.4 Å². The van der Waals surface area contributed by atoms with Crippen LogP contribution in [0.15, 0.2) is 54.6 Å². The molecular formula is C24H28FNO3. The molecule has 1 atom stereocenters. The van der Waals surface area contributed by atoms with E-state index >= 15 is 0 Å². The van der Waals surface area contributed by atoms with Gasteiger partial charge in [0.15, 0.2) is 6.61 Å². The summed E-state index contributed by atoms with van der Waals surface area (Å²) in [5.41, 5.74) is 1.01. The van der Waals surface area contributed by atoms with E-state index in [4.69, 9.17) is 4.74 Å². The Morgan fingerprint density at radius 1 is 1.10 bits per heavy atom. The number of ether oxygens (including phenoxy) is 1. The molecule has 1 N–H and O–H groups in total. The van der Waals surface area contributed by atoms with Gasteiger partial charge >= 0.3 is 5.97 Å². The van der Waals surface area contributed by atoms with Crippen molar-refractivity contribution in [3.05, 3.63) is 71.5 Å². The first kappa shape index (κ1) is 21.0. The Hall–Kier alpha value is -2.69. The van der Waals surface area contributed by atoms with Gasteiger partial charge in [-0.25, -0.2) is 4.39 Å². The van der Waals surface area contributed by atoms with Gasteiger partial charge in [-0.15, -0.1) is 0 Å². The topological polar surface area (TPSA) is 55.4 Å². The van der Waals surface area contributed by atoms with Crippen molar-refractivity contribution >= 4 is 11.9 Å². The monoisotopic (exact) mass is 397 g/mol. The molecule has 1 saturated carbocycles. The zero-order valence-corrected chi connectivity index (χ0v) is 16.8. The molecule has 0 radical (unpaired) electrons. The molecule has 1 amide bonds. The molecule has 2 aromatic carbocycles. The summed E-state index contributed by atoms with van der Waals surface area (Å²) in [5.74, 6) is -1.12. The summed E-state index contributed by atoms with van der Waals surface area (Å²) in [6.07, 6.45) is 4.67. The summed E-state index contributed by atoms with van der Waals surface area (Å²) in [4.78, 5) is 25.1. The quantitative estimate of drug-likeness (QED) is 0.675. The fraction of sp³-hybridized carbons (Fsp3) is 0.417. The number of halogens is 1. The Morgan fingerprint density at radius 2 is 1.83 bits per heavy atom. The van der Waals surface area contributed by atoms with E-state index < -0.39 is 11.4 Å². The van der Waals surface area contributed by atoms with Crippen LogP contribution in [0, 0.1) is 5.82 Å². The summed E-state index contributed by atoms with van der Waals surface area (Å²) >= 11 is 0. The molecule has 1 fully saturated rings. The van der Waals surface area contributed by atoms with Gasteiger partial charge in [-0.1, -0.05) is 55.3 Å². The lowest BCUT2D eigenvalue weighted by Crippen LogP contribution is -2.40. The molecule has 0 spiro atoms.